The summed E-state index contributed by atoms with van der Waals surface area (Å²) in [7, 11) is 0. The molecule has 3 nitrogen and oxygen atoms in total. The van der Waals surface area contributed by atoms with Crippen molar-refractivity contribution < 1.29 is 13.6 Å². The largest absolute Gasteiger partial charge is 0.341 e. The molecule has 1 atom stereocenters. The summed E-state index contributed by atoms with van der Waals surface area (Å²) in [5.74, 6) is -1.45. The van der Waals surface area contributed by atoms with Crippen molar-refractivity contribution in [2.24, 2.45) is 5.73 Å². The average molecular weight is 254 g/mol. The van der Waals surface area contributed by atoms with Gasteiger partial charge in [0.05, 0.1) is 6.42 Å². The van der Waals surface area contributed by atoms with E-state index in [0.717, 1.165) is 18.9 Å². The molecule has 1 aromatic rings. The number of hydrogen-bond donors (Lipinski definition) is 1. The summed E-state index contributed by atoms with van der Waals surface area (Å²) in [6.45, 7) is 1.20. The predicted octanol–water partition coefficient (Wildman–Crippen LogP) is 1.46. The summed E-state index contributed by atoms with van der Waals surface area (Å²) in [5.41, 5.74) is 6.15. The predicted molar refractivity (Wildman–Crippen MR) is 63.9 cm³/mol. The van der Waals surface area contributed by atoms with Crippen LogP contribution in [0.15, 0.2) is 18.2 Å². The lowest BCUT2D eigenvalue weighted by Gasteiger charge is -2.30. The fourth-order valence-corrected chi connectivity index (χ4v) is 2.24. The molecule has 5 heteroatoms. The first-order chi connectivity index (χ1) is 8.54. The van der Waals surface area contributed by atoms with Gasteiger partial charge in [0.1, 0.15) is 11.6 Å². The first kappa shape index (κ1) is 13.0. The van der Waals surface area contributed by atoms with Crippen LogP contribution in [0.2, 0.25) is 0 Å². The van der Waals surface area contributed by atoms with Gasteiger partial charge in [-0.3, -0.25) is 4.79 Å². The number of nitrogens with two attached hydrogens (primary N) is 1. The number of carbonyl (C=O) groups excluding carboxylic acids is 1. The van der Waals surface area contributed by atoms with E-state index in [1.807, 2.05) is 0 Å². The van der Waals surface area contributed by atoms with Crippen LogP contribution in [0, 0.1) is 11.6 Å². The molecule has 1 aliphatic rings. The van der Waals surface area contributed by atoms with E-state index in [0.29, 0.717) is 18.7 Å². The number of piperidine rings is 1. The van der Waals surface area contributed by atoms with Crippen molar-refractivity contribution in [1.29, 1.82) is 0 Å². The number of hydrogen-bond acceptors (Lipinski definition) is 2. The summed E-state index contributed by atoms with van der Waals surface area (Å²) in [6, 6.07) is 3.17. The number of rotatable bonds is 2. The van der Waals surface area contributed by atoms with Crippen molar-refractivity contribution in [2.75, 3.05) is 13.1 Å². The van der Waals surface area contributed by atoms with E-state index in [4.69, 9.17) is 5.73 Å². The Morgan fingerprint density at radius 1 is 1.33 bits per heavy atom. The SMILES string of the molecule is N[C@@H]1CCCN(C(=O)Cc2cc(F)cc(F)c2)C1. The highest BCUT2D eigenvalue weighted by atomic mass is 19.1. The van der Waals surface area contributed by atoms with E-state index >= 15 is 0 Å². The zero-order chi connectivity index (χ0) is 13.1. The quantitative estimate of drug-likeness (QED) is 0.868. The fraction of sp³-hybridized carbons (Fsp3) is 0.462. The second-order valence-electron chi connectivity index (χ2n) is 4.70. The van der Waals surface area contributed by atoms with Crippen molar-refractivity contribution in [1.82, 2.24) is 4.90 Å². The molecule has 1 amide bonds. The summed E-state index contributed by atoms with van der Waals surface area (Å²) < 4.78 is 26.0. The van der Waals surface area contributed by atoms with E-state index in [-0.39, 0.29) is 18.4 Å². The van der Waals surface area contributed by atoms with Crippen LogP contribution in [0.5, 0.6) is 0 Å². The third-order valence-electron chi connectivity index (χ3n) is 3.09. The van der Waals surface area contributed by atoms with Gasteiger partial charge < -0.3 is 10.6 Å². The van der Waals surface area contributed by atoms with E-state index in [1.54, 1.807) is 4.90 Å². The zero-order valence-corrected chi connectivity index (χ0v) is 10.0. The minimum absolute atomic E-state index is 0.00643. The van der Waals surface area contributed by atoms with Gasteiger partial charge >= 0.3 is 0 Å². The van der Waals surface area contributed by atoms with Gasteiger partial charge in [0.25, 0.3) is 0 Å². The molecule has 0 saturated carbocycles. The molecule has 1 fully saturated rings. The van der Waals surface area contributed by atoms with Crippen LogP contribution in [-0.2, 0) is 11.2 Å². The lowest BCUT2D eigenvalue weighted by molar-refractivity contribution is -0.131. The second-order valence-corrected chi connectivity index (χ2v) is 4.70. The molecule has 0 spiro atoms. The van der Waals surface area contributed by atoms with Crippen molar-refractivity contribution in [2.45, 2.75) is 25.3 Å². The Morgan fingerprint density at radius 2 is 2.00 bits per heavy atom. The Morgan fingerprint density at radius 3 is 2.61 bits per heavy atom. The maximum absolute atomic E-state index is 13.0. The second kappa shape index (κ2) is 5.44. The highest BCUT2D eigenvalue weighted by molar-refractivity contribution is 5.78. The lowest BCUT2D eigenvalue weighted by Crippen LogP contribution is -2.46. The Kier molecular flexibility index (Phi) is 3.91. The standard InChI is InChI=1S/C13H16F2N2O/c14-10-4-9(5-11(15)7-10)6-13(18)17-3-1-2-12(16)8-17/h4-5,7,12H,1-3,6,8,16H2/t12-/m1/s1. The lowest BCUT2D eigenvalue weighted by atomic mass is 10.0. The van der Waals surface area contributed by atoms with Crippen LogP contribution in [0.1, 0.15) is 18.4 Å². The third-order valence-corrected chi connectivity index (χ3v) is 3.09. The third kappa shape index (κ3) is 3.26. The van der Waals surface area contributed by atoms with Gasteiger partial charge in [0.15, 0.2) is 0 Å². The first-order valence-corrected chi connectivity index (χ1v) is 6.03. The Labute approximate surface area is 105 Å². The van der Waals surface area contributed by atoms with Gasteiger partial charge in [-0.2, -0.15) is 0 Å². The fourth-order valence-electron chi connectivity index (χ4n) is 2.24. The molecule has 1 aliphatic heterocycles. The molecule has 0 radical (unpaired) electrons. The molecule has 1 saturated heterocycles. The van der Waals surface area contributed by atoms with Gasteiger partial charge in [-0.25, -0.2) is 8.78 Å². The molecule has 2 rings (SSSR count). The van der Waals surface area contributed by atoms with Crippen LogP contribution in [-0.4, -0.2) is 29.9 Å². The number of halogens is 2. The van der Waals surface area contributed by atoms with Crippen LogP contribution >= 0.6 is 0 Å². The average Bonchev–Trinajstić information content (AvgIpc) is 2.27. The van der Waals surface area contributed by atoms with E-state index in [1.165, 1.54) is 12.1 Å². The zero-order valence-electron chi connectivity index (χ0n) is 10.0. The molecule has 0 bridgehead atoms. The van der Waals surface area contributed by atoms with Crippen molar-refractivity contribution in [3.63, 3.8) is 0 Å². The van der Waals surface area contributed by atoms with Gasteiger partial charge in [0, 0.05) is 25.2 Å². The van der Waals surface area contributed by atoms with Crippen LogP contribution < -0.4 is 5.73 Å². The number of benzene rings is 1. The highest BCUT2D eigenvalue weighted by Crippen LogP contribution is 2.13. The normalized spacial score (nSPS) is 19.9. The molecule has 2 N–H and O–H groups in total. The molecule has 1 heterocycles. The van der Waals surface area contributed by atoms with Gasteiger partial charge in [-0.1, -0.05) is 0 Å². The monoisotopic (exact) mass is 254 g/mol. The smallest absolute Gasteiger partial charge is 0.227 e. The topological polar surface area (TPSA) is 46.3 Å². The molecular formula is C13H16F2N2O. The van der Waals surface area contributed by atoms with Gasteiger partial charge in [0.2, 0.25) is 5.91 Å². The number of nitrogens with zero attached hydrogens (tertiary/aromatic N) is 1. The molecule has 18 heavy (non-hydrogen) atoms. The van der Waals surface area contributed by atoms with Gasteiger partial charge in [-0.05, 0) is 30.5 Å². The Bertz CT molecular complexity index is 430. The van der Waals surface area contributed by atoms with E-state index < -0.39 is 11.6 Å². The van der Waals surface area contributed by atoms with Crippen molar-refractivity contribution >= 4 is 5.91 Å². The maximum atomic E-state index is 13.0. The van der Waals surface area contributed by atoms with Crippen LogP contribution in [0.3, 0.4) is 0 Å². The molecule has 98 valence electrons. The van der Waals surface area contributed by atoms with Crippen molar-refractivity contribution in [3.05, 3.63) is 35.4 Å². The van der Waals surface area contributed by atoms with E-state index in [2.05, 4.69) is 0 Å². The number of amides is 1. The molecule has 1 aromatic carbocycles. The Hall–Kier alpha value is -1.49. The summed E-state index contributed by atoms with van der Waals surface area (Å²) in [4.78, 5) is 13.6. The molecule has 0 aromatic heterocycles. The van der Waals surface area contributed by atoms with Gasteiger partial charge in [-0.15, -0.1) is 0 Å². The minimum atomic E-state index is -0.659. The summed E-state index contributed by atoms with van der Waals surface area (Å²) >= 11 is 0. The van der Waals surface area contributed by atoms with Crippen LogP contribution in [0.4, 0.5) is 8.78 Å². The minimum Gasteiger partial charge on any atom is -0.341 e. The summed E-state index contributed by atoms with van der Waals surface area (Å²) in [5, 5.41) is 0. The number of carbonyl (C=O) groups is 1. The highest BCUT2D eigenvalue weighted by Gasteiger charge is 2.21. The molecule has 0 aliphatic carbocycles. The Balaban J connectivity index is 2.02. The molecular weight excluding hydrogens is 238 g/mol. The van der Waals surface area contributed by atoms with Crippen molar-refractivity contribution in [3.8, 4) is 0 Å². The summed E-state index contributed by atoms with van der Waals surface area (Å²) in [6.07, 6.45) is 1.81. The maximum Gasteiger partial charge on any atom is 0.227 e. The van der Waals surface area contributed by atoms with Crippen LogP contribution in [0.25, 0.3) is 0 Å². The first-order valence-electron chi connectivity index (χ1n) is 6.03. The number of likely N-dealkylation sites (tertiary alicyclic amines) is 1. The van der Waals surface area contributed by atoms with E-state index in [9.17, 15) is 13.6 Å². The molecule has 0 unspecified atom stereocenters.